The van der Waals surface area contributed by atoms with Crippen molar-refractivity contribution in [3.63, 3.8) is 0 Å². The lowest BCUT2D eigenvalue weighted by Gasteiger charge is -2.12. The summed E-state index contributed by atoms with van der Waals surface area (Å²) >= 11 is 1.90. The smallest absolute Gasteiger partial charge is 0.186 e. The lowest BCUT2D eigenvalue weighted by Crippen LogP contribution is -2.03. The van der Waals surface area contributed by atoms with Crippen LogP contribution in [0.2, 0.25) is 0 Å². The molecule has 4 heteroatoms. The molecule has 0 heterocycles. The Morgan fingerprint density at radius 2 is 0.708 bits per heavy atom. The summed E-state index contributed by atoms with van der Waals surface area (Å²) in [4.78, 5) is 14.8. The molecule has 3 nitrogen and oxygen atoms in total. The van der Waals surface area contributed by atoms with Gasteiger partial charge < -0.3 is 9.47 Å². The van der Waals surface area contributed by atoms with Gasteiger partial charge in [0, 0.05) is 16.5 Å². The van der Waals surface area contributed by atoms with Gasteiger partial charge in [-0.05, 0) is 60.9 Å². The summed E-state index contributed by atoms with van der Waals surface area (Å²) in [7, 11) is 0. The maximum absolute atomic E-state index is 13.5. The van der Waals surface area contributed by atoms with Crippen LogP contribution in [-0.4, -0.2) is 24.7 Å². The Balaban J connectivity index is 1.64. The highest BCUT2D eigenvalue weighted by Crippen LogP contribution is 2.26. The number of hydrogen-bond acceptors (Lipinski definition) is 4. The van der Waals surface area contributed by atoms with E-state index in [1.165, 1.54) is 249 Å². The fourth-order valence-corrected chi connectivity index (χ4v) is 9.90. The fourth-order valence-electron chi connectivity index (χ4n) is 8.90. The van der Waals surface area contributed by atoms with Crippen molar-refractivity contribution in [1.29, 1.82) is 0 Å². The topological polar surface area (TPSA) is 35.5 Å². The van der Waals surface area contributed by atoms with E-state index in [4.69, 9.17) is 9.47 Å². The van der Waals surface area contributed by atoms with Crippen molar-refractivity contribution in [2.24, 2.45) is 0 Å². The van der Waals surface area contributed by atoms with Gasteiger partial charge in [-0.3, -0.25) is 4.79 Å². The Bertz CT molecular complexity index is 1290. The highest BCUT2D eigenvalue weighted by Gasteiger charge is 2.10. The van der Waals surface area contributed by atoms with E-state index >= 15 is 0 Å². The van der Waals surface area contributed by atoms with Gasteiger partial charge in [0.2, 0.25) is 0 Å². The van der Waals surface area contributed by atoms with Crippen molar-refractivity contribution < 1.29 is 14.3 Å². The van der Waals surface area contributed by atoms with Gasteiger partial charge in [-0.2, -0.15) is 0 Å². The lowest BCUT2D eigenvalue weighted by atomic mass is 10.0. The van der Waals surface area contributed by atoms with Gasteiger partial charge in [0.05, 0.1) is 13.2 Å². The van der Waals surface area contributed by atoms with Crippen LogP contribution in [0.15, 0.2) is 53.4 Å². The predicted molar refractivity (Wildman–Crippen MR) is 290 cm³/mol. The maximum atomic E-state index is 13.5. The Kier molecular flexibility index (Phi) is 41.3. The number of ether oxygens (including phenoxy) is 2. The lowest BCUT2D eigenvalue weighted by molar-refractivity contribution is 0.104. The first-order valence-electron chi connectivity index (χ1n) is 28.5. The molecular weight excluding hydrogens is 813 g/mol. The van der Waals surface area contributed by atoms with E-state index in [9.17, 15) is 4.79 Å². The molecule has 0 N–H and O–H groups in total. The third-order valence-electron chi connectivity index (χ3n) is 13.3. The number of unbranched alkanes of at least 4 members (excludes halogenated alkanes) is 37. The van der Waals surface area contributed by atoms with Crippen molar-refractivity contribution >= 4 is 23.6 Å². The van der Waals surface area contributed by atoms with Crippen LogP contribution in [0.3, 0.4) is 0 Å². The molecule has 0 radical (unpaired) electrons. The van der Waals surface area contributed by atoms with Gasteiger partial charge in [-0.25, -0.2) is 0 Å². The van der Waals surface area contributed by atoms with E-state index in [-0.39, 0.29) is 5.78 Å². The molecule has 0 bridgehead atoms. The van der Waals surface area contributed by atoms with Crippen molar-refractivity contribution in [3.05, 3.63) is 59.7 Å². The molecule has 372 valence electrons. The second kappa shape index (κ2) is 45.6. The average molecular weight is 918 g/mol. The molecule has 0 saturated heterocycles. The number of ketones is 1. The molecule has 0 aliphatic heterocycles. The van der Waals surface area contributed by atoms with Gasteiger partial charge in [-0.1, -0.05) is 277 Å². The molecule has 0 amide bonds. The van der Waals surface area contributed by atoms with Crippen LogP contribution in [-0.2, 0) is 0 Å². The number of benzene rings is 2. The Morgan fingerprint density at radius 3 is 1.03 bits per heavy atom. The zero-order valence-electron chi connectivity index (χ0n) is 43.2. The van der Waals surface area contributed by atoms with E-state index < -0.39 is 0 Å². The Labute approximate surface area is 408 Å². The number of thioether (sulfide) groups is 1. The second-order valence-electron chi connectivity index (χ2n) is 19.6. The number of carbonyl (C=O) groups is 1. The minimum Gasteiger partial charge on any atom is -0.493 e. The summed E-state index contributed by atoms with van der Waals surface area (Å²) in [6.45, 7) is 8.18. The first-order valence-corrected chi connectivity index (χ1v) is 29.5. The predicted octanol–water partition coefficient (Wildman–Crippen LogP) is 21.1. The molecule has 0 spiro atoms. The molecule has 0 unspecified atom stereocenters. The summed E-state index contributed by atoms with van der Waals surface area (Å²) in [5, 5.41) is 0. The molecule has 0 saturated carbocycles. The minimum absolute atomic E-state index is 0.0197. The van der Waals surface area contributed by atoms with Gasteiger partial charge in [0.25, 0.3) is 0 Å². The van der Waals surface area contributed by atoms with E-state index in [2.05, 4.69) is 45.0 Å². The fraction of sp³-hybridized carbons (Fsp3) is 0.754. The summed E-state index contributed by atoms with van der Waals surface area (Å²) in [6.07, 6.45) is 58.4. The third-order valence-corrected chi connectivity index (χ3v) is 14.4. The first kappa shape index (κ1) is 58.9. The Hall–Kier alpha value is -2.20. The molecule has 0 fully saturated rings. The second-order valence-corrected chi connectivity index (χ2v) is 20.8. The highest BCUT2D eigenvalue weighted by molar-refractivity contribution is 7.99. The zero-order valence-corrected chi connectivity index (χ0v) is 44.1. The number of carbonyl (C=O) groups excluding carboxylic acids is 1. The Morgan fingerprint density at radius 1 is 0.400 bits per heavy atom. The van der Waals surface area contributed by atoms with Gasteiger partial charge >= 0.3 is 0 Å². The van der Waals surface area contributed by atoms with Crippen LogP contribution >= 0.6 is 11.8 Å². The van der Waals surface area contributed by atoms with E-state index in [1.807, 2.05) is 36.0 Å². The molecule has 0 aliphatic carbocycles. The molecule has 0 aliphatic rings. The maximum Gasteiger partial charge on any atom is 0.186 e. The molecule has 0 aromatic heterocycles. The largest absolute Gasteiger partial charge is 0.493 e. The van der Waals surface area contributed by atoms with Crippen LogP contribution in [0.1, 0.15) is 294 Å². The quantitative estimate of drug-likeness (QED) is 0.0287. The van der Waals surface area contributed by atoms with Crippen molar-refractivity contribution in [3.8, 4) is 11.5 Å². The zero-order chi connectivity index (χ0) is 46.4. The van der Waals surface area contributed by atoms with Crippen LogP contribution in [0.5, 0.6) is 11.5 Å². The van der Waals surface area contributed by atoms with Crippen molar-refractivity contribution in [1.82, 2.24) is 0 Å². The van der Waals surface area contributed by atoms with Gasteiger partial charge in [0.1, 0.15) is 11.5 Å². The molecule has 65 heavy (non-hydrogen) atoms. The number of hydrogen-bond donors (Lipinski definition) is 0. The monoisotopic (exact) mass is 917 g/mol. The normalized spacial score (nSPS) is 11.6. The van der Waals surface area contributed by atoms with Crippen LogP contribution in [0.4, 0.5) is 0 Å². The number of allylic oxidation sites excluding steroid dienone is 1. The minimum atomic E-state index is -0.0197. The summed E-state index contributed by atoms with van der Waals surface area (Å²) in [5.74, 6) is 2.60. The average Bonchev–Trinajstić information content (AvgIpc) is 3.32. The van der Waals surface area contributed by atoms with E-state index in [1.54, 1.807) is 6.08 Å². The molecular formula is C61H104O3S. The third kappa shape index (κ3) is 36.5. The summed E-state index contributed by atoms with van der Waals surface area (Å²) in [5.41, 5.74) is 1.66. The molecule has 2 aromatic carbocycles. The van der Waals surface area contributed by atoms with Gasteiger partial charge in [0.15, 0.2) is 5.78 Å². The highest BCUT2D eigenvalue weighted by atomic mass is 32.2. The van der Waals surface area contributed by atoms with E-state index in [0.29, 0.717) is 18.8 Å². The molecule has 2 aromatic rings. The van der Waals surface area contributed by atoms with E-state index in [0.717, 1.165) is 35.7 Å². The molecule has 2 rings (SSSR count). The van der Waals surface area contributed by atoms with Crippen LogP contribution in [0, 0.1) is 0 Å². The molecule has 0 atom stereocenters. The van der Waals surface area contributed by atoms with Crippen molar-refractivity contribution in [2.75, 3.05) is 19.0 Å². The summed E-state index contributed by atoms with van der Waals surface area (Å²) in [6, 6.07) is 14.3. The van der Waals surface area contributed by atoms with Crippen molar-refractivity contribution in [2.45, 2.75) is 282 Å². The van der Waals surface area contributed by atoms with Gasteiger partial charge in [-0.15, -0.1) is 11.8 Å². The van der Waals surface area contributed by atoms with Crippen LogP contribution in [0.25, 0.3) is 6.08 Å². The number of rotatable bonds is 49. The first-order chi connectivity index (χ1) is 32.2. The SMILES string of the molecule is CCCCCCCCCCCCCCCCCCCCCOc1cc(OCCCCCCCCCCCCCCCCCCCCC)cc(C(=O)/C=C/c2ccc(SCCCC)cc2)c1. The summed E-state index contributed by atoms with van der Waals surface area (Å²) < 4.78 is 12.5. The van der Waals surface area contributed by atoms with Crippen LogP contribution < -0.4 is 9.47 Å². The standard InChI is InChI=1S/C61H104O3S/c1-4-7-10-12-14-16-18-20-22-24-26-28-30-32-34-36-38-40-42-50-63-58-53-57(61(62)49-46-56-44-47-60(48-45-56)65-52-9-6-3)54-59(55-58)64-51-43-41-39-37-35-33-31-29-27-25-23-21-19-17-15-13-11-8-5-2/h44-49,53-55H,4-43,50-52H2,1-3H3/b49-46+.